The number of likely N-dealkylation sites (tertiary alicyclic amines) is 1. The van der Waals surface area contributed by atoms with Crippen molar-refractivity contribution in [2.45, 2.75) is 23.8 Å². The molecule has 2 heterocycles. The van der Waals surface area contributed by atoms with Gasteiger partial charge in [-0.2, -0.15) is 15.0 Å². The summed E-state index contributed by atoms with van der Waals surface area (Å²) in [7, 11) is 0. The lowest BCUT2D eigenvalue weighted by atomic mass is 10.1. The zero-order chi connectivity index (χ0) is 14.7. The number of benzene rings is 1. The maximum absolute atomic E-state index is 12.1. The average molecular weight is 302 g/mol. The minimum Gasteiger partial charge on any atom is -0.338 e. The van der Waals surface area contributed by atoms with Gasteiger partial charge in [0, 0.05) is 24.4 Å². The van der Waals surface area contributed by atoms with Gasteiger partial charge in [-0.3, -0.25) is 4.79 Å². The molecule has 0 N–H and O–H groups in total. The van der Waals surface area contributed by atoms with Crippen molar-refractivity contribution < 1.29 is 4.79 Å². The molecule has 1 saturated heterocycles. The minimum absolute atomic E-state index is 0.215. The predicted molar refractivity (Wildman–Crippen MR) is 82.2 cm³/mol. The molecule has 0 atom stereocenters. The Kier molecular flexibility index (Phi) is 4.24. The smallest absolute Gasteiger partial charge is 0.223 e. The van der Waals surface area contributed by atoms with Crippen LogP contribution in [-0.4, -0.2) is 45.1 Å². The molecule has 0 radical (unpaired) electrons. The highest BCUT2D eigenvalue weighted by atomic mass is 32.2. The van der Waals surface area contributed by atoms with E-state index in [1.165, 1.54) is 10.5 Å². The summed E-state index contributed by atoms with van der Waals surface area (Å²) in [4.78, 5) is 16.9. The molecule has 0 aliphatic carbocycles. The fourth-order valence-electron chi connectivity index (χ4n) is 2.42. The second-order valence-corrected chi connectivity index (χ2v) is 6.03. The van der Waals surface area contributed by atoms with Gasteiger partial charge in [0.05, 0.1) is 12.4 Å². The predicted octanol–water partition coefficient (Wildman–Crippen LogP) is 2.02. The Morgan fingerprint density at radius 2 is 1.90 bits per heavy atom. The molecule has 0 saturated carbocycles. The molecule has 1 fully saturated rings. The molecular formula is C15H18N4OS. The normalized spacial score (nSPS) is 15.0. The Morgan fingerprint density at radius 1 is 1.24 bits per heavy atom. The van der Waals surface area contributed by atoms with Crippen molar-refractivity contribution in [3.63, 3.8) is 0 Å². The van der Waals surface area contributed by atoms with Gasteiger partial charge < -0.3 is 4.90 Å². The molecule has 6 heteroatoms. The van der Waals surface area contributed by atoms with Crippen LogP contribution in [-0.2, 0) is 11.2 Å². The van der Waals surface area contributed by atoms with E-state index in [2.05, 4.69) is 40.7 Å². The van der Waals surface area contributed by atoms with E-state index >= 15 is 0 Å². The van der Waals surface area contributed by atoms with Gasteiger partial charge >= 0.3 is 0 Å². The standard InChI is InChI=1S/C15H18N4OS/c1-21-14-5-2-12(3-6-14)4-7-15(20)18-10-13(11-18)19-16-8-9-17-19/h2-3,5-6,8-9,13H,4,7,10-11H2,1H3. The van der Waals surface area contributed by atoms with Crippen molar-refractivity contribution in [1.29, 1.82) is 0 Å². The van der Waals surface area contributed by atoms with E-state index in [1.807, 2.05) is 4.90 Å². The summed E-state index contributed by atoms with van der Waals surface area (Å²) in [6.45, 7) is 1.44. The fraction of sp³-hybridized carbons (Fsp3) is 0.400. The summed E-state index contributed by atoms with van der Waals surface area (Å²) in [5, 5.41) is 8.22. The molecule has 21 heavy (non-hydrogen) atoms. The van der Waals surface area contributed by atoms with E-state index in [-0.39, 0.29) is 11.9 Å². The number of carbonyl (C=O) groups is 1. The number of hydrogen-bond donors (Lipinski definition) is 0. The number of carbonyl (C=O) groups excluding carboxylic acids is 1. The first-order chi connectivity index (χ1) is 10.3. The van der Waals surface area contributed by atoms with Gasteiger partial charge in [-0.25, -0.2) is 0 Å². The third kappa shape index (κ3) is 3.26. The van der Waals surface area contributed by atoms with Crippen molar-refractivity contribution in [3.8, 4) is 0 Å². The molecule has 0 unspecified atom stereocenters. The summed E-state index contributed by atoms with van der Waals surface area (Å²) in [6.07, 6.45) is 6.77. The molecule has 0 bridgehead atoms. The van der Waals surface area contributed by atoms with Gasteiger partial charge in [-0.15, -0.1) is 11.8 Å². The number of aromatic nitrogens is 3. The van der Waals surface area contributed by atoms with Crippen LogP contribution in [0, 0.1) is 0 Å². The van der Waals surface area contributed by atoms with Crippen LogP contribution in [0.25, 0.3) is 0 Å². The minimum atomic E-state index is 0.215. The molecule has 2 aromatic rings. The number of amides is 1. The van der Waals surface area contributed by atoms with E-state index in [0.717, 1.165) is 19.5 Å². The zero-order valence-corrected chi connectivity index (χ0v) is 12.8. The maximum Gasteiger partial charge on any atom is 0.223 e. The van der Waals surface area contributed by atoms with Gasteiger partial charge in [-0.05, 0) is 30.4 Å². The van der Waals surface area contributed by atoms with Crippen molar-refractivity contribution >= 4 is 17.7 Å². The largest absolute Gasteiger partial charge is 0.338 e. The van der Waals surface area contributed by atoms with Gasteiger partial charge in [0.1, 0.15) is 6.04 Å². The summed E-state index contributed by atoms with van der Waals surface area (Å²) >= 11 is 1.73. The first kappa shape index (κ1) is 14.1. The second kappa shape index (κ2) is 6.30. The Labute approximate surface area is 128 Å². The Bertz CT molecular complexity index is 591. The molecule has 1 amide bonds. The SMILES string of the molecule is CSc1ccc(CCC(=O)N2CC(n3nccn3)C2)cc1. The van der Waals surface area contributed by atoms with Crippen LogP contribution in [0.3, 0.4) is 0 Å². The van der Waals surface area contributed by atoms with E-state index in [0.29, 0.717) is 6.42 Å². The van der Waals surface area contributed by atoms with Crippen LogP contribution >= 0.6 is 11.8 Å². The van der Waals surface area contributed by atoms with E-state index < -0.39 is 0 Å². The molecular weight excluding hydrogens is 284 g/mol. The van der Waals surface area contributed by atoms with E-state index in [1.54, 1.807) is 29.0 Å². The highest BCUT2D eigenvalue weighted by Gasteiger charge is 2.32. The van der Waals surface area contributed by atoms with Crippen molar-refractivity contribution in [3.05, 3.63) is 42.2 Å². The number of aryl methyl sites for hydroxylation is 1. The number of rotatable bonds is 5. The van der Waals surface area contributed by atoms with Crippen LogP contribution in [0.15, 0.2) is 41.6 Å². The van der Waals surface area contributed by atoms with Gasteiger partial charge in [-0.1, -0.05) is 12.1 Å². The highest BCUT2D eigenvalue weighted by molar-refractivity contribution is 7.98. The monoisotopic (exact) mass is 302 g/mol. The third-order valence-electron chi connectivity index (χ3n) is 3.76. The first-order valence-electron chi connectivity index (χ1n) is 7.03. The fourth-order valence-corrected chi connectivity index (χ4v) is 2.83. The molecule has 1 aromatic heterocycles. The Balaban J connectivity index is 1.45. The van der Waals surface area contributed by atoms with Crippen molar-refractivity contribution in [1.82, 2.24) is 19.9 Å². The topological polar surface area (TPSA) is 51.0 Å². The molecule has 1 aliphatic rings. The Morgan fingerprint density at radius 3 is 2.52 bits per heavy atom. The average Bonchev–Trinajstić information content (AvgIpc) is 2.98. The second-order valence-electron chi connectivity index (χ2n) is 5.15. The number of nitrogens with zero attached hydrogens (tertiary/aromatic N) is 4. The lowest BCUT2D eigenvalue weighted by Gasteiger charge is -2.38. The van der Waals surface area contributed by atoms with Crippen molar-refractivity contribution in [2.24, 2.45) is 0 Å². The quantitative estimate of drug-likeness (QED) is 0.793. The molecule has 0 spiro atoms. The van der Waals surface area contributed by atoms with Gasteiger partial charge in [0.15, 0.2) is 0 Å². The summed E-state index contributed by atoms with van der Waals surface area (Å²) < 4.78 is 0. The van der Waals surface area contributed by atoms with Crippen LogP contribution in [0.5, 0.6) is 0 Å². The summed E-state index contributed by atoms with van der Waals surface area (Å²) in [5.41, 5.74) is 1.21. The Hall–Kier alpha value is -1.82. The molecule has 1 aliphatic heterocycles. The van der Waals surface area contributed by atoms with E-state index in [9.17, 15) is 4.79 Å². The summed E-state index contributed by atoms with van der Waals surface area (Å²) in [6, 6.07) is 8.66. The molecule has 3 rings (SSSR count). The van der Waals surface area contributed by atoms with E-state index in [4.69, 9.17) is 0 Å². The van der Waals surface area contributed by atoms with Crippen LogP contribution in [0.1, 0.15) is 18.0 Å². The lowest BCUT2D eigenvalue weighted by molar-refractivity contribution is -0.137. The molecule has 1 aromatic carbocycles. The summed E-state index contributed by atoms with van der Waals surface area (Å²) in [5.74, 6) is 0.215. The van der Waals surface area contributed by atoms with Crippen molar-refractivity contribution in [2.75, 3.05) is 19.3 Å². The molecule has 5 nitrogen and oxygen atoms in total. The lowest BCUT2D eigenvalue weighted by Crippen LogP contribution is -2.51. The zero-order valence-electron chi connectivity index (χ0n) is 12.0. The number of hydrogen-bond acceptors (Lipinski definition) is 4. The third-order valence-corrected chi connectivity index (χ3v) is 4.51. The first-order valence-corrected chi connectivity index (χ1v) is 8.25. The number of thioether (sulfide) groups is 1. The van der Waals surface area contributed by atoms with Gasteiger partial charge in [0.2, 0.25) is 5.91 Å². The molecule has 110 valence electrons. The van der Waals surface area contributed by atoms with Crippen LogP contribution in [0.2, 0.25) is 0 Å². The van der Waals surface area contributed by atoms with Crippen LogP contribution < -0.4 is 0 Å². The van der Waals surface area contributed by atoms with Crippen LogP contribution in [0.4, 0.5) is 0 Å². The van der Waals surface area contributed by atoms with Gasteiger partial charge in [0.25, 0.3) is 0 Å². The highest BCUT2D eigenvalue weighted by Crippen LogP contribution is 2.21. The maximum atomic E-state index is 12.1.